The number of rotatable bonds is 5. The lowest BCUT2D eigenvalue weighted by Gasteiger charge is -2.19. The molecule has 3 rings (SSSR count). The van der Waals surface area contributed by atoms with Gasteiger partial charge in [-0.3, -0.25) is 19.6 Å². The van der Waals surface area contributed by atoms with Crippen LogP contribution in [0.4, 0.5) is 15.8 Å². The van der Waals surface area contributed by atoms with Gasteiger partial charge < -0.3 is 10.6 Å². The molecular formula is C17H20FN5O3. The summed E-state index contributed by atoms with van der Waals surface area (Å²) < 4.78 is 16.0. The maximum atomic E-state index is 14.6. The summed E-state index contributed by atoms with van der Waals surface area (Å²) in [6.45, 7) is 4.66. The SMILES string of the molecule is Cc1nn(CCC(=O)Nc2ccc3c(c2F)CCNC3)c(C)c1[N+](=O)[O-]. The molecule has 0 bridgehead atoms. The minimum Gasteiger partial charge on any atom is -0.324 e. The van der Waals surface area contributed by atoms with Crippen molar-refractivity contribution in [2.75, 3.05) is 11.9 Å². The zero-order chi connectivity index (χ0) is 18.8. The van der Waals surface area contributed by atoms with Gasteiger partial charge in [0.2, 0.25) is 5.91 Å². The van der Waals surface area contributed by atoms with Gasteiger partial charge in [-0.05, 0) is 44.0 Å². The molecule has 26 heavy (non-hydrogen) atoms. The average Bonchev–Trinajstić information content (AvgIpc) is 2.89. The van der Waals surface area contributed by atoms with Gasteiger partial charge in [0.15, 0.2) is 0 Å². The van der Waals surface area contributed by atoms with E-state index in [1.807, 2.05) is 6.07 Å². The molecule has 9 heteroatoms. The minimum absolute atomic E-state index is 0.0389. The van der Waals surface area contributed by atoms with Crippen LogP contribution in [0.5, 0.6) is 0 Å². The van der Waals surface area contributed by atoms with E-state index >= 15 is 0 Å². The molecule has 0 atom stereocenters. The van der Waals surface area contributed by atoms with E-state index in [-0.39, 0.29) is 36.1 Å². The van der Waals surface area contributed by atoms with E-state index in [2.05, 4.69) is 15.7 Å². The second kappa shape index (κ2) is 7.20. The monoisotopic (exact) mass is 361 g/mol. The van der Waals surface area contributed by atoms with Crippen molar-refractivity contribution in [2.45, 2.75) is 39.8 Å². The molecule has 2 heterocycles. The summed E-state index contributed by atoms with van der Waals surface area (Å²) in [5.41, 5.74) is 2.36. The third-order valence-electron chi connectivity index (χ3n) is 4.56. The number of nitrogens with one attached hydrogen (secondary N) is 2. The zero-order valence-corrected chi connectivity index (χ0v) is 14.6. The summed E-state index contributed by atoms with van der Waals surface area (Å²) in [5.74, 6) is -0.757. The molecular weight excluding hydrogens is 341 g/mol. The second-order valence-electron chi connectivity index (χ2n) is 6.29. The van der Waals surface area contributed by atoms with Crippen LogP contribution in [0.3, 0.4) is 0 Å². The average molecular weight is 361 g/mol. The number of carbonyl (C=O) groups excluding carboxylic acids is 1. The largest absolute Gasteiger partial charge is 0.324 e. The van der Waals surface area contributed by atoms with Crippen LogP contribution in [0, 0.1) is 29.8 Å². The fraction of sp³-hybridized carbons (Fsp3) is 0.412. The molecule has 1 aliphatic heterocycles. The molecule has 1 amide bonds. The van der Waals surface area contributed by atoms with Gasteiger partial charge in [0.1, 0.15) is 17.2 Å². The Kier molecular flexibility index (Phi) is 4.99. The van der Waals surface area contributed by atoms with Crippen molar-refractivity contribution in [3.05, 3.63) is 50.6 Å². The number of benzene rings is 1. The Morgan fingerprint density at radius 3 is 2.92 bits per heavy atom. The highest BCUT2D eigenvalue weighted by Gasteiger charge is 2.22. The summed E-state index contributed by atoms with van der Waals surface area (Å²) in [5, 5.41) is 20.9. The first kappa shape index (κ1) is 18.0. The van der Waals surface area contributed by atoms with Crippen LogP contribution in [0.2, 0.25) is 0 Å². The fourth-order valence-electron chi connectivity index (χ4n) is 3.22. The van der Waals surface area contributed by atoms with E-state index in [0.717, 1.165) is 5.56 Å². The normalized spacial score (nSPS) is 13.3. The molecule has 138 valence electrons. The van der Waals surface area contributed by atoms with Gasteiger partial charge in [-0.1, -0.05) is 6.07 Å². The molecule has 0 saturated carbocycles. The number of aromatic nitrogens is 2. The fourth-order valence-corrected chi connectivity index (χ4v) is 3.22. The highest BCUT2D eigenvalue weighted by Crippen LogP contribution is 2.25. The minimum atomic E-state index is -0.481. The van der Waals surface area contributed by atoms with Crippen molar-refractivity contribution < 1.29 is 14.1 Å². The molecule has 2 aromatic rings. The van der Waals surface area contributed by atoms with Crippen LogP contribution in [0.25, 0.3) is 0 Å². The first-order valence-corrected chi connectivity index (χ1v) is 8.37. The van der Waals surface area contributed by atoms with Gasteiger partial charge in [0.05, 0.1) is 17.2 Å². The molecule has 0 fully saturated rings. The summed E-state index contributed by atoms with van der Waals surface area (Å²) in [6, 6.07) is 3.37. The Hall–Kier alpha value is -2.81. The van der Waals surface area contributed by atoms with Gasteiger partial charge in [-0.25, -0.2) is 4.39 Å². The molecule has 0 aliphatic carbocycles. The number of halogens is 1. The summed E-state index contributed by atoms with van der Waals surface area (Å²) in [7, 11) is 0. The Morgan fingerprint density at radius 2 is 2.23 bits per heavy atom. The standard InChI is InChI=1S/C17H20FN5O3/c1-10-17(23(25)26)11(2)22(21-10)8-6-15(24)20-14-4-3-12-9-19-7-5-13(12)16(14)18/h3-4,19H,5-9H2,1-2H3,(H,20,24). The topological polar surface area (TPSA) is 102 Å². The third kappa shape index (κ3) is 3.43. The Balaban J connectivity index is 1.67. The number of hydrogen-bond acceptors (Lipinski definition) is 5. The molecule has 1 aromatic carbocycles. The number of anilines is 1. The van der Waals surface area contributed by atoms with Gasteiger partial charge >= 0.3 is 5.69 Å². The first-order chi connectivity index (χ1) is 12.4. The lowest BCUT2D eigenvalue weighted by atomic mass is 9.99. The van der Waals surface area contributed by atoms with Crippen molar-refractivity contribution in [1.29, 1.82) is 0 Å². The van der Waals surface area contributed by atoms with Crippen molar-refractivity contribution in [1.82, 2.24) is 15.1 Å². The van der Waals surface area contributed by atoms with Crippen LogP contribution in [-0.2, 0) is 24.3 Å². The highest BCUT2D eigenvalue weighted by molar-refractivity contribution is 5.91. The summed E-state index contributed by atoms with van der Waals surface area (Å²) >= 11 is 0. The summed E-state index contributed by atoms with van der Waals surface area (Å²) in [4.78, 5) is 22.7. The van der Waals surface area contributed by atoms with E-state index in [1.54, 1.807) is 19.9 Å². The van der Waals surface area contributed by atoms with Crippen LogP contribution >= 0.6 is 0 Å². The maximum absolute atomic E-state index is 14.6. The molecule has 8 nitrogen and oxygen atoms in total. The van der Waals surface area contributed by atoms with Crippen molar-refractivity contribution >= 4 is 17.3 Å². The van der Waals surface area contributed by atoms with Crippen LogP contribution in [-0.4, -0.2) is 27.2 Å². The molecule has 2 N–H and O–H groups in total. The van der Waals surface area contributed by atoms with E-state index < -0.39 is 4.92 Å². The van der Waals surface area contributed by atoms with Crippen molar-refractivity contribution in [2.24, 2.45) is 0 Å². The smallest absolute Gasteiger partial charge is 0.312 e. The second-order valence-corrected chi connectivity index (χ2v) is 6.29. The van der Waals surface area contributed by atoms with Crippen LogP contribution in [0.15, 0.2) is 12.1 Å². The highest BCUT2D eigenvalue weighted by atomic mass is 19.1. The van der Waals surface area contributed by atoms with Crippen molar-refractivity contribution in [3.63, 3.8) is 0 Å². The van der Waals surface area contributed by atoms with E-state index in [0.29, 0.717) is 36.5 Å². The molecule has 0 spiro atoms. The van der Waals surface area contributed by atoms with Gasteiger partial charge in [-0.15, -0.1) is 0 Å². The van der Waals surface area contributed by atoms with Crippen LogP contribution in [0.1, 0.15) is 28.9 Å². The third-order valence-corrected chi connectivity index (χ3v) is 4.56. The lowest BCUT2D eigenvalue weighted by molar-refractivity contribution is -0.386. The number of carbonyl (C=O) groups is 1. The first-order valence-electron chi connectivity index (χ1n) is 8.37. The number of fused-ring (bicyclic) bond motifs is 1. The predicted molar refractivity (Wildman–Crippen MR) is 93.4 cm³/mol. The molecule has 1 aromatic heterocycles. The van der Waals surface area contributed by atoms with Gasteiger partial charge in [0.25, 0.3) is 0 Å². The Morgan fingerprint density at radius 1 is 1.46 bits per heavy atom. The summed E-state index contributed by atoms with van der Waals surface area (Å²) in [6.07, 6.45) is 0.623. The predicted octanol–water partition coefficient (Wildman–Crippen LogP) is 2.22. The number of amides is 1. The maximum Gasteiger partial charge on any atom is 0.312 e. The number of aryl methyl sites for hydroxylation is 2. The van der Waals surface area contributed by atoms with E-state index in [4.69, 9.17) is 0 Å². The van der Waals surface area contributed by atoms with Gasteiger partial charge in [-0.2, -0.15) is 5.10 Å². The van der Waals surface area contributed by atoms with E-state index in [1.165, 1.54) is 4.68 Å². The molecule has 0 radical (unpaired) electrons. The van der Waals surface area contributed by atoms with Crippen LogP contribution < -0.4 is 10.6 Å². The zero-order valence-electron chi connectivity index (χ0n) is 14.6. The van der Waals surface area contributed by atoms with Gasteiger partial charge in [0, 0.05) is 13.0 Å². The quantitative estimate of drug-likeness (QED) is 0.628. The number of hydrogen-bond donors (Lipinski definition) is 2. The number of nitro groups is 1. The molecule has 0 saturated heterocycles. The van der Waals surface area contributed by atoms with E-state index in [9.17, 15) is 19.3 Å². The molecule has 1 aliphatic rings. The Labute approximate surface area is 149 Å². The van der Waals surface area contributed by atoms with Crippen molar-refractivity contribution in [3.8, 4) is 0 Å². The lowest BCUT2D eigenvalue weighted by Crippen LogP contribution is -2.25. The number of nitrogens with zero attached hydrogens (tertiary/aromatic N) is 3. The Bertz CT molecular complexity index is 878. The molecule has 0 unspecified atom stereocenters.